The van der Waals surface area contributed by atoms with E-state index in [4.69, 9.17) is 10.5 Å². The molecular weight excluding hydrogens is 292 g/mol. The van der Waals surface area contributed by atoms with Crippen molar-refractivity contribution in [2.45, 2.75) is 18.9 Å². The number of amidine groups is 1. The first-order chi connectivity index (χ1) is 11.1. The lowest BCUT2D eigenvalue weighted by Gasteiger charge is -2.30. The van der Waals surface area contributed by atoms with E-state index >= 15 is 0 Å². The average Bonchev–Trinajstić information content (AvgIpc) is 2.56. The molecule has 3 rings (SSSR count). The topological polar surface area (TPSA) is 90.5 Å². The molecule has 118 valence electrons. The molecule has 1 atom stereocenters. The van der Waals surface area contributed by atoms with Gasteiger partial charge in [0, 0.05) is 18.8 Å². The molecule has 0 saturated carbocycles. The number of aliphatic imine (C=N–C) groups is 1. The lowest BCUT2D eigenvalue weighted by molar-refractivity contribution is 0.0987. The fourth-order valence-corrected chi connectivity index (χ4v) is 2.62. The highest BCUT2D eigenvalue weighted by Gasteiger charge is 2.30. The van der Waals surface area contributed by atoms with Gasteiger partial charge in [-0.1, -0.05) is 24.3 Å². The molecule has 1 aromatic heterocycles. The summed E-state index contributed by atoms with van der Waals surface area (Å²) in [5.41, 5.74) is 7.52. The second kappa shape index (κ2) is 6.26. The molecular formula is C17H18N4O2. The summed E-state index contributed by atoms with van der Waals surface area (Å²) < 4.78 is 5.50. The number of benzene rings is 1. The van der Waals surface area contributed by atoms with Crippen LogP contribution < -0.4 is 5.73 Å². The summed E-state index contributed by atoms with van der Waals surface area (Å²) >= 11 is 0. The molecule has 1 aliphatic heterocycles. The van der Waals surface area contributed by atoms with Gasteiger partial charge in [-0.2, -0.15) is 0 Å². The van der Waals surface area contributed by atoms with E-state index in [2.05, 4.69) is 15.0 Å². The van der Waals surface area contributed by atoms with E-state index in [0.717, 1.165) is 11.1 Å². The van der Waals surface area contributed by atoms with Crippen LogP contribution in [0.15, 0.2) is 47.8 Å². The van der Waals surface area contributed by atoms with Gasteiger partial charge >= 0.3 is 0 Å². The van der Waals surface area contributed by atoms with Crippen LogP contribution in [0.25, 0.3) is 0 Å². The predicted octanol–water partition coefficient (Wildman–Crippen LogP) is 1.50. The number of aromatic nitrogens is 2. The molecule has 23 heavy (non-hydrogen) atoms. The third kappa shape index (κ3) is 3.43. The van der Waals surface area contributed by atoms with Crippen molar-refractivity contribution in [1.82, 2.24) is 9.97 Å². The Bertz CT molecular complexity index is 745. The molecule has 0 bridgehead atoms. The van der Waals surface area contributed by atoms with Crippen molar-refractivity contribution in [2.75, 3.05) is 13.2 Å². The van der Waals surface area contributed by atoms with Gasteiger partial charge in [-0.15, -0.1) is 0 Å². The van der Waals surface area contributed by atoms with Crippen molar-refractivity contribution in [3.8, 4) is 0 Å². The Hall–Kier alpha value is -2.60. The quantitative estimate of drug-likeness (QED) is 0.864. The van der Waals surface area contributed by atoms with Crippen molar-refractivity contribution in [1.29, 1.82) is 0 Å². The van der Waals surface area contributed by atoms with Crippen molar-refractivity contribution in [3.05, 3.63) is 59.7 Å². The molecule has 6 nitrogen and oxygen atoms in total. The minimum absolute atomic E-state index is 0.0664. The van der Waals surface area contributed by atoms with Crippen LogP contribution in [0.3, 0.4) is 0 Å². The van der Waals surface area contributed by atoms with Crippen LogP contribution >= 0.6 is 0 Å². The molecule has 1 aromatic carbocycles. The molecule has 0 saturated heterocycles. The predicted molar refractivity (Wildman–Crippen MR) is 86.3 cm³/mol. The zero-order valence-corrected chi connectivity index (χ0v) is 12.9. The van der Waals surface area contributed by atoms with Crippen LogP contribution in [0.4, 0.5) is 0 Å². The maximum Gasteiger partial charge on any atom is 0.187 e. The molecule has 0 radical (unpaired) electrons. The highest BCUT2D eigenvalue weighted by atomic mass is 16.5. The number of hydrogen-bond acceptors (Lipinski definition) is 6. The lowest BCUT2D eigenvalue weighted by atomic mass is 9.90. The van der Waals surface area contributed by atoms with E-state index in [1.165, 1.54) is 12.4 Å². The van der Waals surface area contributed by atoms with E-state index < -0.39 is 5.54 Å². The van der Waals surface area contributed by atoms with Crippen molar-refractivity contribution < 1.29 is 9.53 Å². The summed E-state index contributed by atoms with van der Waals surface area (Å²) in [6, 6.07) is 7.78. The molecule has 2 N–H and O–H groups in total. The van der Waals surface area contributed by atoms with Gasteiger partial charge < -0.3 is 10.5 Å². The fraction of sp³-hybridized carbons (Fsp3) is 0.294. The van der Waals surface area contributed by atoms with E-state index in [0.29, 0.717) is 24.7 Å². The van der Waals surface area contributed by atoms with E-state index in [1.807, 2.05) is 31.2 Å². The number of carbonyl (C=O) groups excluding carboxylic acids is 1. The maximum absolute atomic E-state index is 12.3. The van der Waals surface area contributed by atoms with Gasteiger partial charge in [0.2, 0.25) is 0 Å². The van der Waals surface area contributed by atoms with Crippen LogP contribution in [-0.2, 0) is 16.7 Å². The Labute approximate surface area is 134 Å². The highest BCUT2D eigenvalue weighted by molar-refractivity contribution is 5.95. The van der Waals surface area contributed by atoms with Gasteiger partial charge in [0.1, 0.15) is 23.7 Å². The van der Waals surface area contributed by atoms with Crippen LogP contribution in [0.2, 0.25) is 0 Å². The minimum atomic E-state index is -0.520. The molecule has 0 amide bonds. The van der Waals surface area contributed by atoms with Crippen molar-refractivity contribution in [3.63, 3.8) is 0 Å². The summed E-state index contributed by atoms with van der Waals surface area (Å²) in [7, 11) is 0. The third-order valence-corrected chi connectivity index (χ3v) is 3.79. The standard InChI is InChI=1S/C17H18N4O2/c1-17(11-23-10-16(18)21-17)13-4-2-3-12(7-13)8-15(22)14-9-19-5-6-20-14/h2-7,9H,8,10-11H2,1H3,(H2,18,21). The zero-order chi connectivity index (χ0) is 16.3. The molecule has 1 aliphatic rings. The van der Waals surface area contributed by atoms with Crippen LogP contribution in [0.5, 0.6) is 0 Å². The number of hydrogen-bond donors (Lipinski definition) is 1. The van der Waals surface area contributed by atoms with Gasteiger partial charge in [0.25, 0.3) is 0 Å². The first-order valence-electron chi connectivity index (χ1n) is 7.37. The molecule has 1 unspecified atom stereocenters. The normalized spacial score (nSPS) is 20.8. The van der Waals surface area contributed by atoms with Crippen LogP contribution in [0.1, 0.15) is 28.5 Å². The van der Waals surface area contributed by atoms with Gasteiger partial charge in [-0.25, -0.2) is 4.98 Å². The van der Waals surface area contributed by atoms with Gasteiger partial charge in [0.05, 0.1) is 12.8 Å². The zero-order valence-electron chi connectivity index (χ0n) is 12.9. The summed E-state index contributed by atoms with van der Waals surface area (Å²) in [6.45, 7) is 2.80. The number of nitrogens with zero attached hydrogens (tertiary/aromatic N) is 3. The Morgan fingerprint density at radius 1 is 1.39 bits per heavy atom. The Morgan fingerprint density at radius 3 is 3.00 bits per heavy atom. The maximum atomic E-state index is 12.3. The second-order valence-electron chi connectivity index (χ2n) is 5.76. The molecule has 2 aromatic rings. The van der Waals surface area contributed by atoms with E-state index in [-0.39, 0.29) is 12.2 Å². The number of nitrogens with two attached hydrogens (primary N) is 1. The van der Waals surface area contributed by atoms with Crippen LogP contribution in [-0.4, -0.2) is 34.8 Å². The van der Waals surface area contributed by atoms with Crippen LogP contribution in [0, 0.1) is 0 Å². The first kappa shape index (κ1) is 15.3. The molecule has 0 spiro atoms. The largest absolute Gasteiger partial charge is 0.386 e. The van der Waals surface area contributed by atoms with Crippen molar-refractivity contribution in [2.24, 2.45) is 10.7 Å². The molecule has 0 aliphatic carbocycles. The fourth-order valence-electron chi connectivity index (χ4n) is 2.62. The lowest BCUT2D eigenvalue weighted by Crippen LogP contribution is -2.37. The van der Waals surface area contributed by atoms with E-state index in [1.54, 1.807) is 6.20 Å². The smallest absolute Gasteiger partial charge is 0.187 e. The number of ketones is 1. The summed E-state index contributed by atoms with van der Waals surface area (Å²) in [5.74, 6) is 0.420. The number of rotatable bonds is 4. The summed E-state index contributed by atoms with van der Waals surface area (Å²) in [6.07, 6.45) is 4.81. The highest BCUT2D eigenvalue weighted by Crippen LogP contribution is 2.29. The number of carbonyl (C=O) groups is 1. The number of ether oxygens (including phenoxy) is 1. The number of Topliss-reactive ketones (excluding diaryl/α,β-unsaturated/α-hetero) is 1. The van der Waals surface area contributed by atoms with Crippen molar-refractivity contribution >= 4 is 11.6 Å². The van der Waals surface area contributed by atoms with Gasteiger partial charge in [-0.05, 0) is 18.1 Å². The van der Waals surface area contributed by atoms with Gasteiger partial charge in [0.15, 0.2) is 5.78 Å². The summed E-state index contributed by atoms with van der Waals surface area (Å²) in [5, 5.41) is 0. The monoisotopic (exact) mass is 310 g/mol. The minimum Gasteiger partial charge on any atom is -0.386 e. The van der Waals surface area contributed by atoms with Gasteiger partial charge in [-0.3, -0.25) is 14.8 Å². The molecule has 2 heterocycles. The second-order valence-corrected chi connectivity index (χ2v) is 5.76. The van der Waals surface area contributed by atoms with E-state index in [9.17, 15) is 4.79 Å². The first-order valence-corrected chi connectivity index (χ1v) is 7.37. The third-order valence-electron chi connectivity index (χ3n) is 3.79. The molecule has 6 heteroatoms. The Kier molecular flexibility index (Phi) is 4.16. The average molecular weight is 310 g/mol. The molecule has 0 fully saturated rings. The Balaban J connectivity index is 1.83. The summed E-state index contributed by atoms with van der Waals surface area (Å²) in [4.78, 5) is 24.8. The SMILES string of the molecule is CC1(c2cccc(CC(=O)c3cnccn3)c2)COCC(N)=N1. The Morgan fingerprint density at radius 2 is 2.26 bits per heavy atom.